The summed E-state index contributed by atoms with van der Waals surface area (Å²) >= 11 is 3.38. The van der Waals surface area contributed by atoms with Crippen LogP contribution in [-0.2, 0) is 4.74 Å². The van der Waals surface area contributed by atoms with Crippen molar-refractivity contribution in [2.45, 2.75) is 0 Å². The quantitative estimate of drug-likeness (QED) is 0.856. The normalized spacial score (nSPS) is 10.4. The van der Waals surface area contributed by atoms with Gasteiger partial charge in [-0.3, -0.25) is 4.79 Å². The van der Waals surface area contributed by atoms with Gasteiger partial charge in [-0.2, -0.15) is 5.10 Å². The lowest BCUT2D eigenvalue weighted by molar-refractivity contribution is 0.0937. The van der Waals surface area contributed by atoms with E-state index in [1.54, 1.807) is 24.2 Å². The Kier molecular flexibility index (Phi) is 4.70. The van der Waals surface area contributed by atoms with Crippen LogP contribution in [0.3, 0.4) is 0 Å². The van der Waals surface area contributed by atoms with Crippen LogP contribution < -0.4 is 5.32 Å². The van der Waals surface area contributed by atoms with Gasteiger partial charge in [0, 0.05) is 24.3 Å². The Morgan fingerprint density at radius 3 is 2.84 bits per heavy atom. The molecular formula is C13H14BrN3O2. The Bertz CT molecular complexity index is 551. The zero-order valence-electron chi connectivity index (χ0n) is 10.5. The topological polar surface area (TPSA) is 56.1 Å². The van der Waals surface area contributed by atoms with E-state index < -0.39 is 0 Å². The Balaban J connectivity index is 2.06. The second-order valence-electron chi connectivity index (χ2n) is 3.90. The van der Waals surface area contributed by atoms with E-state index in [0.717, 1.165) is 10.2 Å². The van der Waals surface area contributed by atoms with Crippen molar-refractivity contribution in [1.29, 1.82) is 0 Å². The van der Waals surface area contributed by atoms with Gasteiger partial charge in [-0.05, 0) is 24.3 Å². The number of methoxy groups -OCH3 is 1. The maximum atomic E-state index is 11.8. The SMILES string of the molecule is COCCNC(=O)c1cnn(-c2ccc(Br)cc2)c1. The highest BCUT2D eigenvalue weighted by Crippen LogP contribution is 2.13. The maximum absolute atomic E-state index is 11.8. The lowest BCUT2D eigenvalue weighted by Gasteiger charge is -2.02. The standard InChI is InChI=1S/C13H14BrN3O2/c1-19-7-6-15-13(18)10-8-16-17(9-10)12-4-2-11(14)3-5-12/h2-5,8-9H,6-7H2,1H3,(H,15,18). The molecule has 0 bridgehead atoms. The predicted molar refractivity (Wildman–Crippen MR) is 75.5 cm³/mol. The highest BCUT2D eigenvalue weighted by Gasteiger charge is 2.08. The summed E-state index contributed by atoms with van der Waals surface area (Å²) in [6.45, 7) is 0.978. The summed E-state index contributed by atoms with van der Waals surface area (Å²) in [4.78, 5) is 11.8. The molecule has 0 atom stereocenters. The molecule has 1 aromatic heterocycles. The van der Waals surface area contributed by atoms with Crippen LogP contribution in [0, 0.1) is 0 Å². The number of halogens is 1. The van der Waals surface area contributed by atoms with Gasteiger partial charge >= 0.3 is 0 Å². The second-order valence-corrected chi connectivity index (χ2v) is 4.81. The number of benzene rings is 1. The number of rotatable bonds is 5. The van der Waals surface area contributed by atoms with Crippen molar-refractivity contribution in [2.75, 3.05) is 20.3 Å². The highest BCUT2D eigenvalue weighted by molar-refractivity contribution is 9.10. The Hall–Kier alpha value is -1.66. The molecule has 0 radical (unpaired) electrons. The zero-order valence-corrected chi connectivity index (χ0v) is 12.1. The third-order valence-corrected chi connectivity index (χ3v) is 3.06. The van der Waals surface area contributed by atoms with E-state index in [9.17, 15) is 4.79 Å². The summed E-state index contributed by atoms with van der Waals surface area (Å²) in [5.74, 6) is -0.152. The summed E-state index contributed by atoms with van der Waals surface area (Å²) in [7, 11) is 1.59. The predicted octanol–water partition coefficient (Wildman–Crippen LogP) is 2.01. The number of ether oxygens (including phenoxy) is 1. The smallest absolute Gasteiger partial charge is 0.254 e. The fourth-order valence-corrected chi connectivity index (χ4v) is 1.81. The van der Waals surface area contributed by atoms with Crippen LogP contribution in [0.5, 0.6) is 0 Å². The highest BCUT2D eigenvalue weighted by atomic mass is 79.9. The molecule has 0 fully saturated rings. The first-order chi connectivity index (χ1) is 9.20. The molecule has 0 aliphatic heterocycles. The first-order valence-electron chi connectivity index (χ1n) is 5.78. The molecule has 0 aliphatic rings. The van der Waals surface area contributed by atoms with Gasteiger partial charge in [0.05, 0.1) is 24.1 Å². The molecule has 100 valence electrons. The van der Waals surface area contributed by atoms with Crippen LogP contribution >= 0.6 is 15.9 Å². The number of carbonyl (C=O) groups is 1. The van der Waals surface area contributed by atoms with Gasteiger partial charge in [0.15, 0.2) is 0 Å². The third-order valence-electron chi connectivity index (χ3n) is 2.53. The molecule has 1 amide bonds. The Labute approximate surface area is 119 Å². The Morgan fingerprint density at radius 2 is 2.16 bits per heavy atom. The number of amides is 1. The minimum atomic E-state index is -0.152. The van der Waals surface area contributed by atoms with E-state index in [2.05, 4.69) is 26.3 Å². The molecule has 0 unspecified atom stereocenters. The summed E-state index contributed by atoms with van der Waals surface area (Å²) in [6.07, 6.45) is 3.25. The monoisotopic (exact) mass is 323 g/mol. The maximum Gasteiger partial charge on any atom is 0.254 e. The van der Waals surface area contributed by atoms with Gasteiger partial charge in [-0.15, -0.1) is 0 Å². The molecule has 1 N–H and O–H groups in total. The number of carbonyl (C=O) groups excluding carboxylic acids is 1. The minimum absolute atomic E-state index is 0.152. The Morgan fingerprint density at radius 1 is 1.42 bits per heavy atom. The van der Waals surface area contributed by atoms with Gasteiger partial charge in [0.2, 0.25) is 0 Å². The van der Waals surface area contributed by atoms with Crippen molar-refractivity contribution in [3.63, 3.8) is 0 Å². The summed E-state index contributed by atoms with van der Waals surface area (Å²) in [5.41, 5.74) is 1.43. The second kappa shape index (κ2) is 6.49. The number of aromatic nitrogens is 2. The lowest BCUT2D eigenvalue weighted by Crippen LogP contribution is -2.26. The average Bonchev–Trinajstić information content (AvgIpc) is 2.89. The first kappa shape index (κ1) is 13.8. The summed E-state index contributed by atoms with van der Waals surface area (Å²) in [5, 5.41) is 6.92. The third kappa shape index (κ3) is 3.65. The van der Waals surface area contributed by atoms with Crippen molar-refractivity contribution < 1.29 is 9.53 Å². The van der Waals surface area contributed by atoms with Crippen LogP contribution in [0.2, 0.25) is 0 Å². The largest absolute Gasteiger partial charge is 0.383 e. The minimum Gasteiger partial charge on any atom is -0.383 e. The molecule has 6 heteroatoms. The summed E-state index contributed by atoms with van der Waals surface area (Å²) in [6, 6.07) is 7.69. The lowest BCUT2D eigenvalue weighted by atomic mass is 10.3. The van der Waals surface area contributed by atoms with Crippen LogP contribution in [0.4, 0.5) is 0 Å². The van der Waals surface area contributed by atoms with E-state index in [4.69, 9.17) is 4.74 Å². The van der Waals surface area contributed by atoms with Crippen molar-refractivity contribution in [3.05, 3.63) is 46.7 Å². The average molecular weight is 324 g/mol. The van der Waals surface area contributed by atoms with Gasteiger partial charge in [0.1, 0.15) is 0 Å². The fourth-order valence-electron chi connectivity index (χ4n) is 1.54. The molecule has 2 aromatic rings. The van der Waals surface area contributed by atoms with E-state index in [1.165, 1.54) is 0 Å². The molecule has 2 rings (SSSR count). The fraction of sp³-hybridized carbons (Fsp3) is 0.231. The van der Waals surface area contributed by atoms with E-state index >= 15 is 0 Å². The van der Waals surface area contributed by atoms with Gasteiger partial charge in [-0.1, -0.05) is 15.9 Å². The molecular weight excluding hydrogens is 310 g/mol. The van der Waals surface area contributed by atoms with Gasteiger partial charge < -0.3 is 10.1 Å². The van der Waals surface area contributed by atoms with Crippen LogP contribution in [0.25, 0.3) is 5.69 Å². The molecule has 19 heavy (non-hydrogen) atoms. The van der Waals surface area contributed by atoms with Crippen LogP contribution in [-0.4, -0.2) is 35.9 Å². The molecule has 1 heterocycles. The van der Waals surface area contributed by atoms with Crippen molar-refractivity contribution in [2.24, 2.45) is 0 Å². The molecule has 0 saturated heterocycles. The molecule has 0 saturated carbocycles. The van der Waals surface area contributed by atoms with Crippen LogP contribution in [0.15, 0.2) is 41.1 Å². The molecule has 1 aromatic carbocycles. The van der Waals surface area contributed by atoms with Crippen molar-refractivity contribution >= 4 is 21.8 Å². The van der Waals surface area contributed by atoms with E-state index in [-0.39, 0.29) is 5.91 Å². The van der Waals surface area contributed by atoms with Gasteiger partial charge in [0.25, 0.3) is 5.91 Å². The van der Waals surface area contributed by atoms with Crippen molar-refractivity contribution in [3.8, 4) is 5.69 Å². The van der Waals surface area contributed by atoms with Gasteiger partial charge in [-0.25, -0.2) is 4.68 Å². The number of nitrogens with zero attached hydrogens (tertiary/aromatic N) is 2. The zero-order chi connectivity index (χ0) is 13.7. The molecule has 5 nitrogen and oxygen atoms in total. The van der Waals surface area contributed by atoms with Crippen LogP contribution in [0.1, 0.15) is 10.4 Å². The number of hydrogen-bond donors (Lipinski definition) is 1. The molecule has 0 spiro atoms. The first-order valence-corrected chi connectivity index (χ1v) is 6.58. The molecule has 0 aliphatic carbocycles. The number of nitrogens with one attached hydrogen (secondary N) is 1. The van der Waals surface area contributed by atoms with E-state index in [0.29, 0.717) is 18.7 Å². The summed E-state index contributed by atoms with van der Waals surface area (Å²) < 4.78 is 7.54. The van der Waals surface area contributed by atoms with Crippen molar-refractivity contribution in [1.82, 2.24) is 15.1 Å². The number of hydrogen-bond acceptors (Lipinski definition) is 3. The van der Waals surface area contributed by atoms with E-state index in [1.807, 2.05) is 24.3 Å².